The van der Waals surface area contributed by atoms with Crippen LogP contribution in [0, 0.1) is 23.7 Å². The molecule has 2 nitrogen and oxygen atoms in total. The maximum absolute atomic E-state index is 11.8. The van der Waals surface area contributed by atoms with Crippen molar-refractivity contribution in [3.63, 3.8) is 0 Å². The van der Waals surface area contributed by atoms with Gasteiger partial charge in [-0.15, -0.1) is 0 Å². The van der Waals surface area contributed by atoms with Crippen molar-refractivity contribution in [3.05, 3.63) is 28.8 Å². The molecule has 2 heteroatoms. The maximum atomic E-state index is 11.8. The van der Waals surface area contributed by atoms with Gasteiger partial charge in [-0.1, -0.05) is 13.8 Å². The van der Waals surface area contributed by atoms with E-state index in [-0.39, 0.29) is 5.41 Å². The summed E-state index contributed by atoms with van der Waals surface area (Å²) in [6.45, 7) is 7.18. The van der Waals surface area contributed by atoms with E-state index < -0.39 is 0 Å². The molecular formula is C24H31NO. The van der Waals surface area contributed by atoms with Gasteiger partial charge >= 0.3 is 0 Å². The topological polar surface area (TPSA) is 20.3 Å². The average Bonchev–Trinajstić information content (AvgIpc) is 2.62. The first-order chi connectivity index (χ1) is 12.5. The van der Waals surface area contributed by atoms with Crippen molar-refractivity contribution in [3.8, 4) is 0 Å². The van der Waals surface area contributed by atoms with Crippen molar-refractivity contribution in [2.75, 3.05) is 18.0 Å². The largest absolute Gasteiger partial charge is 0.371 e. The zero-order chi connectivity index (χ0) is 17.7. The smallest absolute Gasteiger partial charge is 0.150 e. The minimum Gasteiger partial charge on any atom is -0.371 e. The highest BCUT2D eigenvalue weighted by molar-refractivity contribution is 5.81. The number of rotatable bonds is 1. The third-order valence-electron chi connectivity index (χ3n) is 9.21. The van der Waals surface area contributed by atoms with Gasteiger partial charge in [-0.05, 0) is 97.3 Å². The Bertz CT molecular complexity index is 764. The first-order valence-corrected chi connectivity index (χ1v) is 10.9. The zero-order valence-corrected chi connectivity index (χ0v) is 16.3. The number of hydrogen-bond donors (Lipinski definition) is 0. The van der Waals surface area contributed by atoms with Crippen LogP contribution in [0.5, 0.6) is 0 Å². The Kier molecular flexibility index (Phi) is 2.99. The molecule has 0 unspecified atom stereocenters. The summed E-state index contributed by atoms with van der Waals surface area (Å²) in [5.41, 5.74) is 6.07. The molecule has 0 N–H and O–H groups in total. The normalized spacial score (nSPS) is 41.4. The molecule has 26 heavy (non-hydrogen) atoms. The van der Waals surface area contributed by atoms with E-state index >= 15 is 0 Å². The van der Waals surface area contributed by atoms with Gasteiger partial charge in [0.05, 0.1) is 0 Å². The molecule has 138 valence electrons. The predicted molar refractivity (Wildman–Crippen MR) is 105 cm³/mol. The number of nitrogens with zero attached hydrogens (tertiary/aromatic N) is 1. The molecule has 0 saturated heterocycles. The summed E-state index contributed by atoms with van der Waals surface area (Å²) in [5.74, 6) is 3.75. The number of benzene rings is 1. The molecule has 0 aromatic heterocycles. The second kappa shape index (κ2) is 4.94. The Labute approximate surface area is 157 Å². The lowest BCUT2D eigenvalue weighted by Crippen LogP contribution is -2.59. The van der Waals surface area contributed by atoms with E-state index in [2.05, 4.69) is 30.9 Å². The summed E-state index contributed by atoms with van der Waals surface area (Å²) < 4.78 is 0. The highest BCUT2D eigenvalue weighted by Gasteiger charge is 2.60. The first kappa shape index (κ1) is 15.7. The fraction of sp³-hybridized carbons (Fsp3) is 0.708. The van der Waals surface area contributed by atoms with Gasteiger partial charge in [0.2, 0.25) is 0 Å². The zero-order valence-electron chi connectivity index (χ0n) is 16.3. The van der Waals surface area contributed by atoms with E-state index in [1.807, 2.05) is 0 Å². The molecule has 0 atom stereocenters. The van der Waals surface area contributed by atoms with Crippen LogP contribution < -0.4 is 4.90 Å². The molecule has 0 radical (unpaired) electrons. The third-order valence-corrected chi connectivity index (χ3v) is 9.21. The number of aldehydes is 1. The summed E-state index contributed by atoms with van der Waals surface area (Å²) >= 11 is 0. The molecule has 7 rings (SSSR count). The van der Waals surface area contributed by atoms with Gasteiger partial charge in [0.25, 0.3) is 0 Å². The quantitative estimate of drug-likeness (QED) is 0.659. The summed E-state index contributed by atoms with van der Waals surface area (Å²) in [6, 6.07) is 4.54. The third kappa shape index (κ3) is 1.81. The molecule has 0 amide bonds. The van der Waals surface area contributed by atoms with Crippen molar-refractivity contribution >= 4 is 12.0 Å². The molecule has 1 aromatic rings. The SMILES string of the molecule is CC1(C)CCN2CCC3(c4cc(C=O)cc1c42)C1CC2CC(C1)CC3C2. The molecule has 1 spiro atoms. The average molecular weight is 350 g/mol. The van der Waals surface area contributed by atoms with E-state index in [1.54, 1.807) is 11.3 Å². The Morgan fingerprint density at radius 2 is 1.54 bits per heavy atom. The molecule has 6 aliphatic rings. The van der Waals surface area contributed by atoms with E-state index in [0.717, 1.165) is 35.5 Å². The second-order valence-electron chi connectivity index (χ2n) is 10.8. The molecule has 1 aromatic carbocycles. The van der Waals surface area contributed by atoms with Crippen molar-refractivity contribution in [1.82, 2.24) is 0 Å². The highest BCUT2D eigenvalue weighted by Crippen LogP contribution is 2.67. The standard InChI is InChI=1S/C24H31NO/c1-23(2)3-5-25-6-4-24(21-13-17(14-26)12-20(23)22(21)25)18-8-15-7-16(10-18)11-19(24)9-15/h12-16,18-19H,3-11H2,1-2H3. The molecule has 2 aliphatic heterocycles. The van der Waals surface area contributed by atoms with E-state index in [4.69, 9.17) is 0 Å². The van der Waals surface area contributed by atoms with Gasteiger partial charge in [-0.25, -0.2) is 0 Å². The van der Waals surface area contributed by atoms with Gasteiger partial charge in [0.15, 0.2) is 0 Å². The number of carbonyl (C=O) groups excluding carboxylic acids is 1. The van der Waals surface area contributed by atoms with Crippen LogP contribution in [0.2, 0.25) is 0 Å². The van der Waals surface area contributed by atoms with Gasteiger partial charge in [-0.3, -0.25) is 4.79 Å². The van der Waals surface area contributed by atoms with Crippen molar-refractivity contribution in [1.29, 1.82) is 0 Å². The number of hydrogen-bond acceptors (Lipinski definition) is 2. The fourth-order valence-corrected chi connectivity index (χ4v) is 8.15. The minimum atomic E-state index is 0.185. The maximum Gasteiger partial charge on any atom is 0.150 e. The molecule has 4 saturated carbocycles. The van der Waals surface area contributed by atoms with Crippen LogP contribution in [0.4, 0.5) is 5.69 Å². The molecule has 4 bridgehead atoms. The minimum absolute atomic E-state index is 0.185. The monoisotopic (exact) mass is 349 g/mol. The van der Waals surface area contributed by atoms with Crippen LogP contribution in [0.25, 0.3) is 0 Å². The van der Waals surface area contributed by atoms with Gasteiger partial charge < -0.3 is 4.90 Å². The van der Waals surface area contributed by atoms with Crippen molar-refractivity contribution in [2.24, 2.45) is 23.7 Å². The Balaban J connectivity index is 1.61. The molecule has 4 aliphatic carbocycles. The van der Waals surface area contributed by atoms with Crippen LogP contribution in [0.3, 0.4) is 0 Å². The predicted octanol–water partition coefficient (Wildman–Crippen LogP) is 5.08. The Morgan fingerprint density at radius 3 is 2.19 bits per heavy atom. The van der Waals surface area contributed by atoms with Gasteiger partial charge in [0, 0.05) is 29.8 Å². The van der Waals surface area contributed by atoms with Crippen molar-refractivity contribution in [2.45, 2.75) is 69.6 Å². The van der Waals surface area contributed by atoms with Crippen LogP contribution in [-0.2, 0) is 10.8 Å². The lowest BCUT2D eigenvalue weighted by atomic mass is 9.42. The summed E-state index contributed by atoms with van der Waals surface area (Å²) in [5, 5.41) is 0. The van der Waals surface area contributed by atoms with Crippen LogP contribution in [-0.4, -0.2) is 19.4 Å². The fourth-order valence-electron chi connectivity index (χ4n) is 8.15. The summed E-state index contributed by atoms with van der Waals surface area (Å²) in [7, 11) is 0. The van der Waals surface area contributed by atoms with Crippen LogP contribution in [0.1, 0.15) is 80.3 Å². The molecule has 2 heterocycles. The van der Waals surface area contributed by atoms with Crippen LogP contribution >= 0.6 is 0 Å². The van der Waals surface area contributed by atoms with E-state index in [0.29, 0.717) is 5.41 Å². The first-order valence-electron chi connectivity index (χ1n) is 10.9. The van der Waals surface area contributed by atoms with Crippen molar-refractivity contribution < 1.29 is 4.79 Å². The van der Waals surface area contributed by atoms with Gasteiger partial charge in [-0.2, -0.15) is 0 Å². The Morgan fingerprint density at radius 1 is 0.923 bits per heavy atom. The highest BCUT2D eigenvalue weighted by atomic mass is 16.1. The molecule has 4 fully saturated rings. The second-order valence-corrected chi connectivity index (χ2v) is 10.8. The molecular weight excluding hydrogens is 318 g/mol. The number of carbonyl (C=O) groups is 1. The lowest BCUT2D eigenvalue weighted by Gasteiger charge is -2.64. The van der Waals surface area contributed by atoms with E-state index in [9.17, 15) is 4.79 Å². The summed E-state index contributed by atoms with van der Waals surface area (Å²) in [6.07, 6.45) is 11.0. The van der Waals surface area contributed by atoms with E-state index in [1.165, 1.54) is 63.6 Å². The Hall–Kier alpha value is -1.31. The number of anilines is 1. The van der Waals surface area contributed by atoms with Crippen LogP contribution in [0.15, 0.2) is 12.1 Å². The van der Waals surface area contributed by atoms with Gasteiger partial charge in [0.1, 0.15) is 6.29 Å². The lowest BCUT2D eigenvalue weighted by molar-refractivity contribution is -0.0659. The summed E-state index contributed by atoms with van der Waals surface area (Å²) in [4.78, 5) is 14.5.